The molecule has 106 valence electrons. The van der Waals surface area contributed by atoms with Gasteiger partial charge in [0.05, 0.1) is 18.0 Å². The fourth-order valence-corrected chi connectivity index (χ4v) is 3.93. The Morgan fingerprint density at radius 2 is 2.30 bits per heavy atom. The summed E-state index contributed by atoms with van der Waals surface area (Å²) in [4.78, 5) is 22.5. The number of ether oxygens (including phenoxy) is 1. The highest BCUT2D eigenvalue weighted by Gasteiger charge is 2.51. The second-order valence-corrected chi connectivity index (χ2v) is 5.85. The Kier molecular flexibility index (Phi) is 2.40. The molecule has 1 saturated heterocycles. The Morgan fingerprint density at radius 1 is 1.50 bits per heavy atom. The molecule has 2 aromatic heterocycles. The van der Waals surface area contributed by atoms with Crippen LogP contribution in [-0.4, -0.2) is 53.8 Å². The maximum absolute atomic E-state index is 11.8. The van der Waals surface area contributed by atoms with Crippen molar-refractivity contribution in [2.75, 3.05) is 12.3 Å². The number of nitrogens with zero attached hydrogens (tertiary/aromatic N) is 3. The SMILES string of the molecule is Nc1nc2c(nc3n2[C@@H]2O[C@H](CO)[C@@H](O)[C@@H]2S3)c(=O)[nH]1. The molecule has 2 aromatic rings. The van der Waals surface area contributed by atoms with Crippen LogP contribution in [0.4, 0.5) is 5.95 Å². The summed E-state index contributed by atoms with van der Waals surface area (Å²) in [6.45, 7) is -0.271. The van der Waals surface area contributed by atoms with E-state index in [0.29, 0.717) is 10.8 Å². The number of nitrogen functional groups attached to an aromatic ring is 1. The number of nitrogens with one attached hydrogen (secondary N) is 1. The van der Waals surface area contributed by atoms with E-state index in [1.807, 2.05) is 0 Å². The highest BCUT2D eigenvalue weighted by molar-refractivity contribution is 8.00. The zero-order chi connectivity index (χ0) is 14.0. The van der Waals surface area contributed by atoms with Crippen LogP contribution in [-0.2, 0) is 4.74 Å². The first-order valence-electron chi connectivity index (χ1n) is 5.99. The number of hydrogen-bond donors (Lipinski definition) is 4. The summed E-state index contributed by atoms with van der Waals surface area (Å²) in [5.74, 6) is -0.00379. The van der Waals surface area contributed by atoms with Crippen molar-refractivity contribution >= 4 is 28.9 Å². The van der Waals surface area contributed by atoms with Gasteiger partial charge in [0.25, 0.3) is 5.56 Å². The molecule has 1 fully saturated rings. The predicted octanol–water partition coefficient (Wildman–Crippen LogP) is -1.57. The first kappa shape index (κ1) is 12.1. The summed E-state index contributed by atoms with van der Waals surface area (Å²) >= 11 is 1.31. The minimum absolute atomic E-state index is 0.00379. The number of anilines is 1. The number of rotatable bonds is 1. The van der Waals surface area contributed by atoms with E-state index in [4.69, 9.17) is 10.5 Å². The lowest BCUT2D eigenvalue weighted by Gasteiger charge is -2.12. The smallest absolute Gasteiger partial charge is 0.280 e. The van der Waals surface area contributed by atoms with E-state index < -0.39 is 24.0 Å². The molecule has 20 heavy (non-hydrogen) atoms. The summed E-state index contributed by atoms with van der Waals surface area (Å²) in [6.07, 6.45) is -1.96. The zero-order valence-electron chi connectivity index (χ0n) is 10.1. The van der Waals surface area contributed by atoms with Crippen molar-refractivity contribution in [2.24, 2.45) is 0 Å². The van der Waals surface area contributed by atoms with E-state index in [1.165, 1.54) is 11.8 Å². The molecule has 0 spiro atoms. The first-order chi connectivity index (χ1) is 9.60. The number of H-pyrrole nitrogens is 1. The van der Waals surface area contributed by atoms with Gasteiger partial charge >= 0.3 is 0 Å². The van der Waals surface area contributed by atoms with Crippen molar-refractivity contribution in [2.45, 2.75) is 28.8 Å². The van der Waals surface area contributed by atoms with Gasteiger partial charge in [-0.1, -0.05) is 11.8 Å². The minimum Gasteiger partial charge on any atom is -0.394 e. The van der Waals surface area contributed by atoms with E-state index in [-0.39, 0.29) is 23.3 Å². The van der Waals surface area contributed by atoms with Gasteiger partial charge in [0.15, 0.2) is 22.5 Å². The Bertz CT molecular complexity index is 758. The van der Waals surface area contributed by atoms with E-state index in [2.05, 4.69) is 15.0 Å². The van der Waals surface area contributed by atoms with Crippen molar-refractivity contribution in [3.05, 3.63) is 10.4 Å². The molecule has 0 aliphatic carbocycles. The number of imidazole rings is 1. The third-order valence-electron chi connectivity index (χ3n) is 3.53. The average Bonchev–Trinajstić information content (AvgIpc) is 3.00. The number of aliphatic hydroxyl groups is 2. The Hall–Kier alpha value is -1.62. The molecular formula is C10H11N5O4S. The van der Waals surface area contributed by atoms with Gasteiger partial charge in [-0.2, -0.15) is 4.98 Å². The van der Waals surface area contributed by atoms with Crippen molar-refractivity contribution in [1.82, 2.24) is 19.5 Å². The molecule has 0 aromatic carbocycles. The third-order valence-corrected chi connectivity index (χ3v) is 4.81. The molecule has 9 nitrogen and oxygen atoms in total. The molecule has 4 rings (SSSR count). The quantitative estimate of drug-likeness (QED) is 0.495. The summed E-state index contributed by atoms with van der Waals surface area (Å²) < 4.78 is 7.28. The lowest BCUT2D eigenvalue weighted by molar-refractivity contribution is -0.0448. The number of hydrogen-bond acceptors (Lipinski definition) is 8. The lowest BCUT2D eigenvalue weighted by atomic mass is 10.2. The largest absolute Gasteiger partial charge is 0.394 e. The summed E-state index contributed by atoms with van der Waals surface area (Å²) in [7, 11) is 0. The molecule has 0 bridgehead atoms. The van der Waals surface area contributed by atoms with Gasteiger partial charge < -0.3 is 20.7 Å². The Labute approximate surface area is 115 Å². The van der Waals surface area contributed by atoms with Crippen LogP contribution in [0.2, 0.25) is 0 Å². The standard InChI is InChI=1S/C10H11N5O4S/c11-9-13-6-3(7(18)14-9)12-10-15(6)8-5(20-10)4(17)2(1-16)19-8/h2,4-5,8,16-17H,1H2,(H3,11,13,14,18)/t2-,4-,5+,8-/m1/s1. The molecule has 2 aliphatic heterocycles. The maximum Gasteiger partial charge on any atom is 0.280 e. The van der Waals surface area contributed by atoms with Crippen LogP contribution in [0.5, 0.6) is 0 Å². The molecule has 10 heteroatoms. The van der Waals surface area contributed by atoms with Crippen LogP contribution in [0.3, 0.4) is 0 Å². The van der Waals surface area contributed by atoms with Crippen LogP contribution >= 0.6 is 11.8 Å². The van der Waals surface area contributed by atoms with Crippen LogP contribution in [0.25, 0.3) is 11.2 Å². The highest BCUT2D eigenvalue weighted by Crippen LogP contribution is 2.48. The molecule has 4 heterocycles. The van der Waals surface area contributed by atoms with Gasteiger partial charge in [-0.15, -0.1) is 0 Å². The summed E-state index contributed by atoms with van der Waals surface area (Å²) in [6, 6.07) is 0. The number of aliphatic hydroxyl groups excluding tert-OH is 2. The highest BCUT2D eigenvalue weighted by atomic mass is 32.2. The van der Waals surface area contributed by atoms with Gasteiger partial charge in [-0.25, -0.2) is 4.98 Å². The van der Waals surface area contributed by atoms with Gasteiger partial charge in [0.2, 0.25) is 5.95 Å². The van der Waals surface area contributed by atoms with Crippen LogP contribution < -0.4 is 11.3 Å². The number of nitrogens with two attached hydrogens (primary N) is 1. The second kappa shape index (κ2) is 3.95. The van der Waals surface area contributed by atoms with Gasteiger partial charge in [0.1, 0.15) is 6.10 Å². The van der Waals surface area contributed by atoms with Gasteiger partial charge in [0, 0.05) is 0 Å². The molecule has 0 saturated carbocycles. The van der Waals surface area contributed by atoms with Gasteiger partial charge in [-0.3, -0.25) is 14.3 Å². The maximum atomic E-state index is 11.8. The van der Waals surface area contributed by atoms with Gasteiger partial charge in [-0.05, 0) is 0 Å². The summed E-state index contributed by atoms with van der Waals surface area (Å²) in [5, 5.41) is 19.5. The predicted molar refractivity (Wildman–Crippen MR) is 69.2 cm³/mol. The van der Waals surface area contributed by atoms with E-state index in [9.17, 15) is 15.0 Å². The Balaban J connectivity index is 1.90. The van der Waals surface area contributed by atoms with E-state index >= 15 is 0 Å². The number of aromatic nitrogens is 4. The molecule has 5 N–H and O–H groups in total. The van der Waals surface area contributed by atoms with Crippen LogP contribution in [0.1, 0.15) is 6.23 Å². The fraction of sp³-hybridized carbons (Fsp3) is 0.500. The molecular weight excluding hydrogens is 286 g/mol. The molecule has 2 aliphatic rings. The van der Waals surface area contributed by atoms with Crippen molar-refractivity contribution in [1.29, 1.82) is 0 Å². The average molecular weight is 297 g/mol. The number of aromatic amines is 1. The Morgan fingerprint density at radius 3 is 3.05 bits per heavy atom. The molecule has 0 amide bonds. The molecule has 0 unspecified atom stereocenters. The van der Waals surface area contributed by atoms with Crippen LogP contribution in [0, 0.1) is 0 Å². The van der Waals surface area contributed by atoms with Crippen molar-refractivity contribution < 1.29 is 14.9 Å². The lowest BCUT2D eigenvalue weighted by Crippen LogP contribution is -2.30. The second-order valence-electron chi connectivity index (χ2n) is 4.71. The number of fused-ring (bicyclic) bond motifs is 5. The normalized spacial score (nSPS) is 31.7. The van der Waals surface area contributed by atoms with E-state index in [0.717, 1.165) is 0 Å². The van der Waals surface area contributed by atoms with Crippen LogP contribution in [0.15, 0.2) is 9.95 Å². The summed E-state index contributed by atoms with van der Waals surface area (Å²) in [5.41, 5.74) is 5.65. The topological polar surface area (TPSA) is 139 Å². The van der Waals surface area contributed by atoms with E-state index in [1.54, 1.807) is 4.57 Å². The van der Waals surface area contributed by atoms with Crippen molar-refractivity contribution in [3.63, 3.8) is 0 Å². The monoisotopic (exact) mass is 297 g/mol. The fourth-order valence-electron chi connectivity index (χ4n) is 2.62. The molecule has 4 atom stereocenters. The minimum atomic E-state index is -0.800. The molecule has 0 radical (unpaired) electrons. The zero-order valence-corrected chi connectivity index (χ0v) is 10.9. The number of thioether (sulfide) groups is 1. The third kappa shape index (κ3) is 1.41. The first-order valence-corrected chi connectivity index (χ1v) is 6.87. The van der Waals surface area contributed by atoms with Crippen molar-refractivity contribution in [3.8, 4) is 0 Å².